The first-order valence-corrected chi connectivity index (χ1v) is 5.20. The molecule has 1 aliphatic carbocycles. The predicted octanol–water partition coefficient (Wildman–Crippen LogP) is -0.0992. The lowest BCUT2D eigenvalue weighted by Gasteiger charge is -2.39. The SMILES string of the molecule is CC1C(N=C=O)(C(=O)O)C=CCC1(N=C=O)C(=O)O. The molecule has 8 nitrogen and oxygen atoms in total. The van der Waals surface area contributed by atoms with E-state index in [4.69, 9.17) is 0 Å². The van der Waals surface area contributed by atoms with Gasteiger partial charge in [0.05, 0.1) is 0 Å². The molecule has 0 fully saturated rings. The molecule has 0 aromatic heterocycles. The van der Waals surface area contributed by atoms with Gasteiger partial charge in [0.2, 0.25) is 12.2 Å². The lowest BCUT2D eigenvalue weighted by atomic mass is 9.67. The summed E-state index contributed by atoms with van der Waals surface area (Å²) < 4.78 is 0. The molecule has 19 heavy (non-hydrogen) atoms. The standard InChI is InChI=1S/C11H10N2O6/c1-7-10(8(16)17,12-5-14)3-2-4-11(7,9(18)19)13-6-15/h2-3,7H,4H2,1H3,(H,16,17)(H,18,19). The molecule has 1 rings (SSSR count). The average Bonchev–Trinajstić information content (AvgIpc) is 2.34. The topological polar surface area (TPSA) is 133 Å². The van der Waals surface area contributed by atoms with Crippen LogP contribution in [0.15, 0.2) is 22.1 Å². The molecule has 0 saturated carbocycles. The summed E-state index contributed by atoms with van der Waals surface area (Å²) in [5.74, 6) is -4.27. The van der Waals surface area contributed by atoms with Gasteiger partial charge in [-0.2, -0.15) is 9.98 Å². The molecule has 0 bridgehead atoms. The van der Waals surface area contributed by atoms with E-state index < -0.39 is 28.9 Å². The van der Waals surface area contributed by atoms with Crippen LogP contribution in [0, 0.1) is 5.92 Å². The van der Waals surface area contributed by atoms with Crippen LogP contribution >= 0.6 is 0 Å². The minimum atomic E-state index is -2.11. The summed E-state index contributed by atoms with van der Waals surface area (Å²) in [5, 5.41) is 18.4. The highest BCUT2D eigenvalue weighted by molar-refractivity contribution is 5.89. The number of carboxylic acids is 2. The molecule has 3 unspecified atom stereocenters. The van der Waals surface area contributed by atoms with Crippen LogP contribution in [0.4, 0.5) is 0 Å². The summed E-state index contributed by atoms with van der Waals surface area (Å²) in [7, 11) is 0. The third kappa shape index (κ3) is 1.99. The molecular formula is C11H10N2O6. The van der Waals surface area contributed by atoms with E-state index in [2.05, 4.69) is 9.98 Å². The van der Waals surface area contributed by atoms with Gasteiger partial charge in [-0.05, 0) is 6.08 Å². The highest BCUT2D eigenvalue weighted by Crippen LogP contribution is 2.41. The van der Waals surface area contributed by atoms with Gasteiger partial charge in [0.15, 0.2) is 11.1 Å². The minimum Gasteiger partial charge on any atom is -0.479 e. The molecule has 0 aromatic rings. The van der Waals surface area contributed by atoms with E-state index in [0.29, 0.717) is 0 Å². The molecule has 3 atom stereocenters. The predicted molar refractivity (Wildman–Crippen MR) is 59.9 cm³/mol. The van der Waals surface area contributed by atoms with Crippen LogP contribution in [0.1, 0.15) is 13.3 Å². The van der Waals surface area contributed by atoms with Crippen LogP contribution in [0.5, 0.6) is 0 Å². The Labute approximate surface area is 107 Å². The summed E-state index contributed by atoms with van der Waals surface area (Å²) in [4.78, 5) is 50.0. The number of carboxylic acid groups (broad SMARTS) is 2. The van der Waals surface area contributed by atoms with Crippen molar-refractivity contribution in [2.75, 3.05) is 0 Å². The zero-order chi connectivity index (χ0) is 14.7. The van der Waals surface area contributed by atoms with Gasteiger partial charge >= 0.3 is 11.9 Å². The van der Waals surface area contributed by atoms with Crippen LogP contribution in [0.2, 0.25) is 0 Å². The summed E-state index contributed by atoms with van der Waals surface area (Å²) in [6.07, 6.45) is 4.38. The van der Waals surface area contributed by atoms with Crippen LogP contribution in [-0.4, -0.2) is 45.4 Å². The van der Waals surface area contributed by atoms with Crippen molar-refractivity contribution in [2.45, 2.75) is 24.4 Å². The first-order valence-electron chi connectivity index (χ1n) is 5.20. The summed E-state index contributed by atoms with van der Waals surface area (Å²) in [6.45, 7) is 1.24. The number of isocyanates is 2. The molecule has 0 amide bonds. The number of carbonyl (C=O) groups excluding carboxylic acids is 2. The fourth-order valence-corrected chi connectivity index (χ4v) is 2.16. The Bertz CT molecular complexity index is 535. The molecular weight excluding hydrogens is 256 g/mol. The van der Waals surface area contributed by atoms with E-state index in [1.54, 1.807) is 0 Å². The highest BCUT2D eigenvalue weighted by Gasteiger charge is 2.58. The van der Waals surface area contributed by atoms with Gasteiger partial charge in [-0.25, -0.2) is 19.2 Å². The van der Waals surface area contributed by atoms with Crippen molar-refractivity contribution >= 4 is 24.1 Å². The number of carbonyl (C=O) groups is 2. The molecule has 2 N–H and O–H groups in total. The second-order valence-corrected chi connectivity index (χ2v) is 4.09. The Hall–Kier alpha value is -2.56. The highest BCUT2D eigenvalue weighted by atomic mass is 16.4. The Morgan fingerprint density at radius 1 is 1.21 bits per heavy atom. The van der Waals surface area contributed by atoms with Crippen molar-refractivity contribution in [3.8, 4) is 0 Å². The normalized spacial score (nSPS) is 32.8. The molecule has 1 aliphatic rings. The maximum atomic E-state index is 11.4. The molecule has 0 saturated heterocycles. The second kappa shape index (κ2) is 4.97. The van der Waals surface area contributed by atoms with Gasteiger partial charge in [-0.15, -0.1) is 0 Å². The summed E-state index contributed by atoms with van der Waals surface area (Å²) in [5.41, 5.74) is -4.13. The zero-order valence-electron chi connectivity index (χ0n) is 9.86. The van der Waals surface area contributed by atoms with Crippen molar-refractivity contribution in [1.82, 2.24) is 0 Å². The number of nitrogens with zero attached hydrogens (tertiary/aromatic N) is 2. The molecule has 100 valence electrons. The van der Waals surface area contributed by atoms with E-state index in [-0.39, 0.29) is 6.42 Å². The number of rotatable bonds is 4. The molecule has 0 spiro atoms. The number of hydrogen-bond acceptors (Lipinski definition) is 6. The van der Waals surface area contributed by atoms with Crippen molar-refractivity contribution in [3.05, 3.63) is 12.2 Å². The van der Waals surface area contributed by atoms with Gasteiger partial charge in [-0.1, -0.05) is 13.0 Å². The average molecular weight is 266 g/mol. The molecule has 0 radical (unpaired) electrons. The quantitative estimate of drug-likeness (QED) is 0.414. The third-order valence-electron chi connectivity index (χ3n) is 3.37. The molecule has 0 heterocycles. The molecule has 0 aromatic carbocycles. The van der Waals surface area contributed by atoms with Gasteiger partial charge in [-0.3, -0.25) is 0 Å². The van der Waals surface area contributed by atoms with Crippen molar-refractivity contribution in [1.29, 1.82) is 0 Å². The van der Waals surface area contributed by atoms with E-state index >= 15 is 0 Å². The lowest BCUT2D eigenvalue weighted by molar-refractivity contribution is -0.150. The Balaban J connectivity index is 3.57. The third-order valence-corrected chi connectivity index (χ3v) is 3.37. The molecule has 8 heteroatoms. The van der Waals surface area contributed by atoms with Crippen molar-refractivity contribution in [3.63, 3.8) is 0 Å². The van der Waals surface area contributed by atoms with Crippen molar-refractivity contribution in [2.24, 2.45) is 15.9 Å². The summed E-state index contributed by atoms with van der Waals surface area (Å²) in [6, 6.07) is 0. The smallest absolute Gasteiger partial charge is 0.336 e. The van der Waals surface area contributed by atoms with Gasteiger partial charge in [0.1, 0.15) is 0 Å². The first-order chi connectivity index (χ1) is 8.87. The fourth-order valence-electron chi connectivity index (χ4n) is 2.16. The van der Waals surface area contributed by atoms with Crippen LogP contribution < -0.4 is 0 Å². The fraction of sp³-hybridized carbons (Fsp3) is 0.455. The minimum absolute atomic E-state index is 0.192. The van der Waals surface area contributed by atoms with E-state index in [9.17, 15) is 29.4 Å². The Kier molecular flexibility index (Phi) is 3.80. The number of aliphatic carboxylic acids is 2. The Morgan fingerprint density at radius 2 is 1.79 bits per heavy atom. The second-order valence-electron chi connectivity index (χ2n) is 4.09. The maximum absolute atomic E-state index is 11.4. The van der Waals surface area contributed by atoms with E-state index in [1.165, 1.54) is 13.0 Å². The Morgan fingerprint density at radius 3 is 2.21 bits per heavy atom. The van der Waals surface area contributed by atoms with Crippen LogP contribution in [0.3, 0.4) is 0 Å². The zero-order valence-corrected chi connectivity index (χ0v) is 9.86. The monoisotopic (exact) mass is 266 g/mol. The number of hydrogen-bond donors (Lipinski definition) is 2. The maximum Gasteiger partial charge on any atom is 0.336 e. The van der Waals surface area contributed by atoms with E-state index in [1.807, 2.05) is 0 Å². The van der Waals surface area contributed by atoms with Gasteiger partial charge in [0, 0.05) is 12.3 Å². The van der Waals surface area contributed by atoms with Crippen molar-refractivity contribution < 1.29 is 29.4 Å². The summed E-state index contributed by atoms with van der Waals surface area (Å²) >= 11 is 0. The van der Waals surface area contributed by atoms with Gasteiger partial charge in [0.25, 0.3) is 0 Å². The largest absolute Gasteiger partial charge is 0.479 e. The van der Waals surface area contributed by atoms with Crippen LogP contribution in [-0.2, 0) is 19.2 Å². The lowest BCUT2D eigenvalue weighted by Crippen LogP contribution is -2.57. The van der Waals surface area contributed by atoms with Crippen LogP contribution in [0.25, 0.3) is 0 Å². The first kappa shape index (κ1) is 14.5. The molecule has 0 aliphatic heterocycles. The van der Waals surface area contributed by atoms with Gasteiger partial charge < -0.3 is 10.2 Å². The van der Waals surface area contributed by atoms with E-state index in [0.717, 1.165) is 18.2 Å². The number of aliphatic imine (C=N–C) groups is 2.